The van der Waals surface area contributed by atoms with E-state index >= 15 is 0 Å². The van der Waals surface area contributed by atoms with Crippen molar-refractivity contribution in [2.75, 3.05) is 18.4 Å². The quantitative estimate of drug-likeness (QED) is 0.352. The summed E-state index contributed by atoms with van der Waals surface area (Å²) >= 11 is 0. The zero-order chi connectivity index (χ0) is 28.1. The standard InChI is InChI=1S/C28H35F2N5O3S.H2/c1-5-23(28(4)10-11-28)35-25-19(15-21(24(29)30)26(35)36)16-31-27(33-25)32-22-7-6-20(14-18(22)3)39(37,38)34-12-8-17(2)9-13-34;/h6-7,14-17,23-24H,5,8-13H2,1-4H3,(H,31,32,33);1H. The Hall–Kier alpha value is -2.92. The van der Waals surface area contributed by atoms with Crippen molar-refractivity contribution in [3.63, 3.8) is 0 Å². The van der Waals surface area contributed by atoms with E-state index in [4.69, 9.17) is 0 Å². The number of benzene rings is 1. The minimum absolute atomic E-state index is 0. The summed E-state index contributed by atoms with van der Waals surface area (Å²) in [6.07, 6.45) is 2.67. The topological polar surface area (TPSA) is 97.2 Å². The molecule has 0 amide bonds. The van der Waals surface area contributed by atoms with E-state index in [1.165, 1.54) is 16.8 Å². The Labute approximate surface area is 229 Å². The van der Waals surface area contributed by atoms with Gasteiger partial charge in [0.2, 0.25) is 16.0 Å². The largest absolute Gasteiger partial charge is 0.324 e. The number of alkyl halides is 2. The van der Waals surface area contributed by atoms with Crippen LogP contribution in [0, 0.1) is 18.3 Å². The van der Waals surface area contributed by atoms with Gasteiger partial charge in [0.05, 0.1) is 10.5 Å². The summed E-state index contributed by atoms with van der Waals surface area (Å²) < 4.78 is 56.9. The van der Waals surface area contributed by atoms with Crippen LogP contribution >= 0.6 is 0 Å². The van der Waals surface area contributed by atoms with E-state index < -0.39 is 27.6 Å². The summed E-state index contributed by atoms with van der Waals surface area (Å²) in [7, 11) is -3.59. The molecule has 0 radical (unpaired) electrons. The highest BCUT2D eigenvalue weighted by molar-refractivity contribution is 7.89. The summed E-state index contributed by atoms with van der Waals surface area (Å²) in [6.45, 7) is 8.98. The number of nitrogens with zero attached hydrogens (tertiary/aromatic N) is 4. The molecule has 2 fully saturated rings. The van der Waals surface area contributed by atoms with Gasteiger partial charge in [-0.05, 0) is 80.2 Å². The van der Waals surface area contributed by atoms with Crippen LogP contribution < -0.4 is 10.9 Å². The van der Waals surface area contributed by atoms with Crippen molar-refractivity contribution in [2.45, 2.75) is 77.2 Å². The van der Waals surface area contributed by atoms with Gasteiger partial charge in [-0.25, -0.2) is 22.2 Å². The van der Waals surface area contributed by atoms with Crippen LogP contribution in [0.25, 0.3) is 11.0 Å². The first-order chi connectivity index (χ1) is 18.4. The molecule has 1 aliphatic carbocycles. The van der Waals surface area contributed by atoms with Crippen LogP contribution in [-0.2, 0) is 10.0 Å². The van der Waals surface area contributed by atoms with Gasteiger partial charge < -0.3 is 5.32 Å². The first-order valence-electron chi connectivity index (χ1n) is 13.5. The molecule has 1 aliphatic heterocycles. The van der Waals surface area contributed by atoms with E-state index in [1.807, 2.05) is 6.92 Å². The Bertz CT molecular complexity index is 1570. The Morgan fingerprint density at radius 2 is 1.90 bits per heavy atom. The summed E-state index contributed by atoms with van der Waals surface area (Å²) in [5.74, 6) is 0.713. The molecule has 5 rings (SSSR count). The molecule has 1 unspecified atom stereocenters. The third kappa shape index (κ3) is 5.18. The molecule has 0 spiro atoms. The van der Waals surface area contributed by atoms with Crippen LogP contribution in [0.15, 0.2) is 40.2 Å². The van der Waals surface area contributed by atoms with Crippen molar-refractivity contribution >= 4 is 32.7 Å². The zero-order valence-corrected chi connectivity index (χ0v) is 23.6. The highest BCUT2D eigenvalue weighted by Gasteiger charge is 2.46. The monoisotopic (exact) mass is 561 g/mol. The molecule has 1 saturated carbocycles. The number of hydrogen-bond donors (Lipinski definition) is 1. The number of fused-ring (bicyclic) bond motifs is 1. The van der Waals surface area contributed by atoms with E-state index in [1.54, 1.807) is 29.4 Å². The lowest BCUT2D eigenvalue weighted by Crippen LogP contribution is -2.37. The fraction of sp³-hybridized carbons (Fsp3) is 0.536. The molecule has 0 bridgehead atoms. The lowest BCUT2D eigenvalue weighted by atomic mass is 9.95. The molecule has 212 valence electrons. The second kappa shape index (κ2) is 10.2. The molecule has 1 atom stereocenters. The maximum absolute atomic E-state index is 13.8. The Morgan fingerprint density at radius 1 is 1.21 bits per heavy atom. The number of aryl methyl sites for hydroxylation is 1. The van der Waals surface area contributed by atoms with Crippen molar-refractivity contribution < 1.29 is 18.6 Å². The highest BCUT2D eigenvalue weighted by Crippen LogP contribution is 2.55. The molecular weight excluding hydrogens is 524 g/mol. The van der Waals surface area contributed by atoms with Crippen molar-refractivity contribution in [2.24, 2.45) is 11.3 Å². The van der Waals surface area contributed by atoms with Crippen LogP contribution in [0.4, 0.5) is 20.4 Å². The molecule has 1 N–H and O–H groups in total. The van der Waals surface area contributed by atoms with Crippen molar-refractivity contribution in [1.29, 1.82) is 0 Å². The van der Waals surface area contributed by atoms with Gasteiger partial charge in [0.15, 0.2) is 0 Å². The average molecular weight is 562 g/mol. The molecule has 1 saturated heterocycles. The van der Waals surface area contributed by atoms with E-state index in [0.29, 0.717) is 47.7 Å². The molecule has 8 nitrogen and oxygen atoms in total. The normalized spacial score (nSPS) is 18.9. The minimum atomic E-state index is -3.59. The van der Waals surface area contributed by atoms with Crippen LogP contribution in [0.1, 0.15) is 77.9 Å². The number of sulfonamides is 1. The third-order valence-corrected chi connectivity index (χ3v) is 10.3. The fourth-order valence-corrected chi connectivity index (χ4v) is 7.15. The van der Waals surface area contributed by atoms with Gasteiger partial charge in [0.1, 0.15) is 5.65 Å². The van der Waals surface area contributed by atoms with Crippen molar-refractivity contribution in [1.82, 2.24) is 18.8 Å². The number of halogens is 2. The Morgan fingerprint density at radius 3 is 2.49 bits per heavy atom. The molecule has 2 aliphatic rings. The van der Waals surface area contributed by atoms with Gasteiger partial charge in [-0.3, -0.25) is 9.36 Å². The van der Waals surface area contributed by atoms with Gasteiger partial charge in [-0.1, -0.05) is 20.8 Å². The summed E-state index contributed by atoms with van der Waals surface area (Å²) in [6, 6.07) is 5.78. The van der Waals surface area contributed by atoms with Gasteiger partial charge in [0.25, 0.3) is 12.0 Å². The van der Waals surface area contributed by atoms with Gasteiger partial charge in [-0.2, -0.15) is 9.29 Å². The lowest BCUT2D eigenvalue weighted by Gasteiger charge is -2.29. The Kier molecular flexibility index (Phi) is 7.26. The van der Waals surface area contributed by atoms with Gasteiger partial charge in [0, 0.05) is 37.8 Å². The second-order valence-corrected chi connectivity index (χ2v) is 13.3. The van der Waals surface area contributed by atoms with Crippen molar-refractivity contribution in [3.8, 4) is 0 Å². The van der Waals surface area contributed by atoms with E-state index in [-0.39, 0.29) is 23.7 Å². The number of piperidine rings is 1. The van der Waals surface area contributed by atoms with E-state index in [0.717, 1.165) is 25.7 Å². The number of rotatable bonds is 8. The predicted octanol–water partition coefficient (Wildman–Crippen LogP) is 6.20. The van der Waals surface area contributed by atoms with E-state index in [2.05, 4.69) is 29.1 Å². The maximum atomic E-state index is 13.8. The molecule has 3 heterocycles. The summed E-state index contributed by atoms with van der Waals surface area (Å²) in [5, 5.41) is 3.50. The number of aromatic nitrogens is 3. The summed E-state index contributed by atoms with van der Waals surface area (Å²) in [4.78, 5) is 22.4. The summed E-state index contributed by atoms with van der Waals surface area (Å²) in [5.41, 5.74) is 0.186. The smallest absolute Gasteiger partial charge is 0.269 e. The average Bonchev–Trinajstić information content (AvgIpc) is 3.64. The second-order valence-electron chi connectivity index (χ2n) is 11.3. The predicted molar refractivity (Wildman–Crippen MR) is 149 cm³/mol. The number of pyridine rings is 1. The maximum Gasteiger partial charge on any atom is 0.269 e. The molecule has 11 heteroatoms. The van der Waals surface area contributed by atoms with Crippen LogP contribution in [0.5, 0.6) is 0 Å². The first-order valence-corrected chi connectivity index (χ1v) is 15.0. The van der Waals surface area contributed by atoms with Crippen LogP contribution in [0.2, 0.25) is 0 Å². The van der Waals surface area contributed by atoms with Crippen LogP contribution in [0.3, 0.4) is 0 Å². The van der Waals surface area contributed by atoms with Gasteiger partial charge >= 0.3 is 0 Å². The minimum Gasteiger partial charge on any atom is -0.324 e. The molecule has 3 aromatic rings. The molecule has 39 heavy (non-hydrogen) atoms. The SMILES string of the molecule is CCC(n1c(=O)c(C(F)F)cc2cnc(Nc3ccc(S(=O)(=O)N4CCC(C)CC4)cc3C)nc21)C1(C)CC1.[HH]. The molecular formula is C28H37F2N5O3S. The van der Waals surface area contributed by atoms with Crippen molar-refractivity contribution in [3.05, 3.63) is 51.9 Å². The molecule has 1 aromatic carbocycles. The van der Waals surface area contributed by atoms with Crippen LogP contribution in [-0.4, -0.2) is 40.3 Å². The Balaban J connectivity index is 0.00000370. The van der Waals surface area contributed by atoms with E-state index in [9.17, 15) is 22.0 Å². The fourth-order valence-electron chi connectivity index (χ4n) is 5.60. The van der Waals surface area contributed by atoms with Gasteiger partial charge in [-0.15, -0.1) is 0 Å². The zero-order valence-electron chi connectivity index (χ0n) is 22.7. The number of nitrogens with one attached hydrogen (secondary N) is 1. The first kappa shape index (κ1) is 27.6. The molecule has 2 aromatic heterocycles. The third-order valence-electron chi connectivity index (χ3n) is 8.40. The lowest BCUT2D eigenvalue weighted by molar-refractivity contribution is 0.148. The number of anilines is 2. The highest BCUT2D eigenvalue weighted by atomic mass is 32.2. The number of hydrogen-bond acceptors (Lipinski definition) is 6.